The summed E-state index contributed by atoms with van der Waals surface area (Å²) >= 11 is 5.98. The topological polar surface area (TPSA) is 108 Å². The van der Waals surface area contributed by atoms with E-state index in [1.54, 1.807) is 23.1 Å². The summed E-state index contributed by atoms with van der Waals surface area (Å²) in [6, 6.07) is 3.67. The first-order chi connectivity index (χ1) is 17.6. The van der Waals surface area contributed by atoms with Gasteiger partial charge < -0.3 is 20.3 Å². The summed E-state index contributed by atoms with van der Waals surface area (Å²) in [6.07, 6.45) is 5.07. The third-order valence-electron chi connectivity index (χ3n) is 7.82. The van der Waals surface area contributed by atoms with Crippen LogP contribution in [0.5, 0.6) is 0 Å². The second-order valence-corrected chi connectivity index (χ2v) is 10.4. The average Bonchev–Trinajstić information content (AvgIpc) is 3.52. The van der Waals surface area contributed by atoms with Crippen molar-refractivity contribution in [2.75, 3.05) is 20.1 Å². The third kappa shape index (κ3) is 4.37. The number of ketones is 1. The van der Waals surface area contributed by atoms with Crippen LogP contribution < -0.4 is 10.6 Å². The summed E-state index contributed by atoms with van der Waals surface area (Å²) < 4.78 is 19.5. The molecule has 2 aliphatic heterocycles. The fourth-order valence-corrected chi connectivity index (χ4v) is 6.19. The van der Waals surface area contributed by atoms with Crippen molar-refractivity contribution < 1.29 is 28.3 Å². The number of carbonyl (C=O) groups is 4. The number of fused-ring (bicyclic) bond motifs is 2. The van der Waals surface area contributed by atoms with E-state index in [0.29, 0.717) is 24.8 Å². The molecule has 2 N–H and O–H groups in total. The quantitative estimate of drug-likeness (QED) is 0.620. The molecule has 11 heteroatoms. The molecule has 2 saturated heterocycles. The molecular weight excluding hydrogens is 503 g/mol. The van der Waals surface area contributed by atoms with Crippen molar-refractivity contribution in [1.29, 1.82) is 0 Å². The van der Waals surface area contributed by atoms with E-state index in [1.165, 1.54) is 24.1 Å². The van der Waals surface area contributed by atoms with Crippen molar-refractivity contribution in [2.45, 2.75) is 50.3 Å². The van der Waals surface area contributed by atoms with Gasteiger partial charge in [-0.2, -0.15) is 0 Å². The molecule has 5 rings (SSSR count). The number of hydrogen-bond acceptors (Lipinski definition) is 5. The zero-order chi connectivity index (χ0) is 26.5. The molecule has 2 heterocycles. The van der Waals surface area contributed by atoms with Crippen molar-refractivity contribution in [2.24, 2.45) is 5.92 Å². The minimum Gasteiger partial charge on any atom is -0.436 e. The number of likely N-dealkylation sites (tertiary alicyclic amines) is 1. The zero-order valence-electron chi connectivity index (χ0n) is 20.6. The summed E-state index contributed by atoms with van der Waals surface area (Å²) in [5.41, 5.74) is 0.655. The fraction of sp³-hybridized carbons (Fsp3) is 0.462. The highest BCUT2D eigenvalue weighted by Crippen LogP contribution is 2.48. The number of allylic oxidation sites excluding steroid dienone is 3. The molecule has 4 amide bonds. The standard InChI is InChI=1S/C26H28ClFN4O5/c1-14-3-8-21(15-4-6-19(28)18(27)11-15)32(14)22(33)12-31-13-26(37-25(31)36)10-9-16-17(26)5-7-20(23(16)34)30-24(35)29-2/h4-7,11,14,16,21H,3,8-10,12-13H2,1-2H3,(H2,29,30,35)/t14-,16?,21+,26-/m0/s1. The lowest BCUT2D eigenvalue weighted by atomic mass is 9.85. The summed E-state index contributed by atoms with van der Waals surface area (Å²) in [4.78, 5) is 54.1. The molecule has 3 fully saturated rings. The van der Waals surface area contributed by atoms with Crippen LogP contribution in [0.25, 0.3) is 0 Å². The Labute approximate surface area is 218 Å². The van der Waals surface area contributed by atoms with Crippen LogP contribution in [0.4, 0.5) is 14.0 Å². The highest BCUT2D eigenvalue weighted by Gasteiger charge is 2.56. The number of amides is 4. The molecule has 1 spiro atoms. The van der Waals surface area contributed by atoms with E-state index in [1.807, 2.05) is 6.92 Å². The van der Waals surface area contributed by atoms with Gasteiger partial charge in [-0.05, 0) is 62.0 Å². The average molecular weight is 531 g/mol. The summed E-state index contributed by atoms with van der Waals surface area (Å²) in [7, 11) is 1.46. The molecule has 9 nitrogen and oxygen atoms in total. The Kier molecular flexibility index (Phi) is 6.47. The van der Waals surface area contributed by atoms with Gasteiger partial charge in [-0.25, -0.2) is 14.0 Å². The highest BCUT2D eigenvalue weighted by molar-refractivity contribution is 6.30. The molecule has 1 saturated carbocycles. The number of benzene rings is 1. The number of Topliss-reactive ketones (excluding diaryl/α,β-unsaturated/α-hetero) is 1. The lowest BCUT2D eigenvalue weighted by Gasteiger charge is -2.31. The van der Waals surface area contributed by atoms with Gasteiger partial charge in [-0.3, -0.25) is 14.5 Å². The van der Waals surface area contributed by atoms with Gasteiger partial charge in [-0.1, -0.05) is 23.7 Å². The van der Waals surface area contributed by atoms with Gasteiger partial charge in [-0.15, -0.1) is 0 Å². The Balaban J connectivity index is 1.32. The second kappa shape index (κ2) is 9.48. The minimum atomic E-state index is -0.979. The predicted octanol–water partition coefficient (Wildman–Crippen LogP) is 3.45. The monoisotopic (exact) mass is 530 g/mol. The van der Waals surface area contributed by atoms with Gasteiger partial charge in [0.2, 0.25) is 5.91 Å². The number of hydrogen-bond donors (Lipinski definition) is 2. The molecule has 37 heavy (non-hydrogen) atoms. The molecule has 196 valence electrons. The van der Waals surface area contributed by atoms with Crippen LogP contribution in [0.15, 0.2) is 41.6 Å². The maximum atomic E-state index is 13.7. The Hall–Kier alpha value is -3.40. The molecule has 4 aliphatic rings. The summed E-state index contributed by atoms with van der Waals surface area (Å²) in [6.45, 7) is 1.94. The molecule has 1 aromatic carbocycles. The first-order valence-electron chi connectivity index (χ1n) is 12.3. The number of carbonyl (C=O) groups excluding carboxylic acids is 4. The number of nitrogens with one attached hydrogen (secondary N) is 2. The lowest BCUT2D eigenvalue weighted by Crippen LogP contribution is -2.44. The van der Waals surface area contributed by atoms with E-state index in [4.69, 9.17) is 16.3 Å². The number of ether oxygens (including phenoxy) is 1. The maximum absolute atomic E-state index is 13.7. The van der Waals surface area contributed by atoms with Gasteiger partial charge in [0.15, 0.2) is 11.4 Å². The molecule has 0 radical (unpaired) electrons. The molecule has 2 aliphatic carbocycles. The Morgan fingerprint density at radius 1 is 1.22 bits per heavy atom. The predicted molar refractivity (Wildman–Crippen MR) is 132 cm³/mol. The fourth-order valence-electron chi connectivity index (χ4n) is 6.00. The van der Waals surface area contributed by atoms with Crippen molar-refractivity contribution in [3.8, 4) is 0 Å². The van der Waals surface area contributed by atoms with E-state index in [2.05, 4.69) is 10.6 Å². The smallest absolute Gasteiger partial charge is 0.411 e. The van der Waals surface area contributed by atoms with Gasteiger partial charge in [0.25, 0.3) is 0 Å². The summed E-state index contributed by atoms with van der Waals surface area (Å²) in [5.74, 6) is -1.47. The largest absolute Gasteiger partial charge is 0.436 e. The van der Waals surface area contributed by atoms with Crippen molar-refractivity contribution in [3.63, 3.8) is 0 Å². The first-order valence-corrected chi connectivity index (χ1v) is 12.7. The number of urea groups is 1. The first kappa shape index (κ1) is 25.3. The van der Waals surface area contributed by atoms with Gasteiger partial charge in [0, 0.05) is 19.0 Å². The van der Waals surface area contributed by atoms with E-state index >= 15 is 0 Å². The Morgan fingerprint density at radius 3 is 2.73 bits per heavy atom. The highest BCUT2D eigenvalue weighted by atomic mass is 35.5. The molecule has 1 aromatic rings. The van der Waals surface area contributed by atoms with Crippen LogP contribution in [0.3, 0.4) is 0 Å². The molecule has 0 bridgehead atoms. The lowest BCUT2D eigenvalue weighted by molar-refractivity contribution is -0.134. The van der Waals surface area contributed by atoms with Crippen molar-refractivity contribution in [3.05, 3.63) is 58.0 Å². The van der Waals surface area contributed by atoms with Crippen LogP contribution in [-0.4, -0.2) is 65.4 Å². The van der Waals surface area contributed by atoms with E-state index < -0.39 is 29.5 Å². The van der Waals surface area contributed by atoms with Gasteiger partial charge in [0.05, 0.1) is 23.3 Å². The molecule has 1 unspecified atom stereocenters. The van der Waals surface area contributed by atoms with Crippen LogP contribution in [0.2, 0.25) is 5.02 Å². The Morgan fingerprint density at radius 2 is 2.00 bits per heavy atom. The van der Waals surface area contributed by atoms with Crippen LogP contribution in [0, 0.1) is 11.7 Å². The SMILES string of the molecule is CNC(=O)NC1=CC=C2C(CC[C@]23CN(CC(=O)N2[C@@H](c4ccc(F)c(Cl)c4)CC[C@@H]2C)C(=O)O3)C1=O. The van der Waals surface area contributed by atoms with E-state index in [-0.39, 0.29) is 47.6 Å². The van der Waals surface area contributed by atoms with E-state index in [9.17, 15) is 23.6 Å². The van der Waals surface area contributed by atoms with Crippen LogP contribution in [0.1, 0.15) is 44.2 Å². The molecular formula is C26H28ClFN4O5. The van der Waals surface area contributed by atoms with Gasteiger partial charge >= 0.3 is 12.1 Å². The van der Waals surface area contributed by atoms with Gasteiger partial charge in [0.1, 0.15) is 12.4 Å². The third-order valence-corrected chi connectivity index (χ3v) is 8.11. The minimum absolute atomic E-state index is 0.00309. The number of nitrogens with zero attached hydrogens (tertiary/aromatic N) is 2. The van der Waals surface area contributed by atoms with Crippen molar-refractivity contribution >= 4 is 35.4 Å². The molecule has 4 atom stereocenters. The molecule has 0 aromatic heterocycles. The zero-order valence-corrected chi connectivity index (χ0v) is 21.3. The Bertz CT molecular complexity index is 1250. The number of halogens is 2. The number of rotatable bonds is 4. The van der Waals surface area contributed by atoms with E-state index in [0.717, 1.165) is 12.0 Å². The second-order valence-electron chi connectivity index (χ2n) is 10.00. The normalized spacial score (nSPS) is 28.7. The van der Waals surface area contributed by atoms with Crippen LogP contribution >= 0.6 is 11.6 Å². The summed E-state index contributed by atoms with van der Waals surface area (Å²) in [5, 5.41) is 4.95. The van der Waals surface area contributed by atoms with Crippen molar-refractivity contribution in [1.82, 2.24) is 20.4 Å². The van der Waals surface area contributed by atoms with Crippen LogP contribution in [-0.2, 0) is 14.3 Å². The maximum Gasteiger partial charge on any atom is 0.411 e.